The topological polar surface area (TPSA) is 202 Å². The first-order valence-corrected chi connectivity index (χ1v) is 25.0. The average Bonchev–Trinajstić information content (AvgIpc) is 4.13. The van der Waals surface area contributed by atoms with Gasteiger partial charge in [-0.25, -0.2) is 9.97 Å². The van der Waals surface area contributed by atoms with Crippen molar-refractivity contribution in [2.24, 2.45) is 5.41 Å². The molecule has 2 aliphatic rings. The van der Waals surface area contributed by atoms with E-state index in [1.165, 1.54) is 17.7 Å². The number of hydrogen-bond donors (Lipinski definition) is 6. The monoisotopic (exact) mass is 945 g/mol. The molecule has 5 amide bonds. The van der Waals surface area contributed by atoms with Crippen LogP contribution in [0.2, 0.25) is 0 Å². The van der Waals surface area contributed by atoms with E-state index in [1.807, 2.05) is 75.7 Å². The molecule has 7 rings (SSSR count). The summed E-state index contributed by atoms with van der Waals surface area (Å²) in [5.41, 5.74) is 7.44. The van der Waals surface area contributed by atoms with Gasteiger partial charge in [0.1, 0.15) is 17.9 Å². The Morgan fingerprint density at radius 3 is 2.28 bits per heavy atom. The Kier molecular flexibility index (Phi) is 16.8. The molecule has 2 aromatic heterocycles. The highest BCUT2D eigenvalue weighted by Crippen LogP contribution is 2.29. The van der Waals surface area contributed by atoms with Crippen molar-refractivity contribution in [2.75, 3.05) is 25.0 Å². The lowest BCUT2D eigenvalue weighted by atomic mass is 9.85. The second-order valence-electron chi connectivity index (χ2n) is 19.5. The van der Waals surface area contributed by atoms with Crippen LogP contribution in [-0.4, -0.2) is 103 Å². The van der Waals surface area contributed by atoms with Crippen LogP contribution in [0.3, 0.4) is 0 Å². The van der Waals surface area contributed by atoms with Gasteiger partial charge in [-0.2, -0.15) is 0 Å². The second kappa shape index (κ2) is 22.9. The number of carbonyl (C=O) groups is 5. The smallest absolute Gasteiger partial charge is 0.255 e. The highest BCUT2D eigenvalue weighted by atomic mass is 32.1. The third-order valence-corrected chi connectivity index (χ3v) is 14.0. The Morgan fingerprint density at radius 1 is 0.897 bits per heavy atom. The molecule has 2 aliphatic heterocycles. The van der Waals surface area contributed by atoms with Crippen LogP contribution < -0.4 is 21.3 Å². The normalized spacial score (nSPS) is 17.9. The van der Waals surface area contributed by atoms with E-state index in [1.54, 1.807) is 35.6 Å². The van der Waals surface area contributed by atoms with Crippen molar-refractivity contribution in [1.82, 2.24) is 40.7 Å². The zero-order valence-electron chi connectivity index (χ0n) is 40.0. The van der Waals surface area contributed by atoms with Crippen molar-refractivity contribution < 1.29 is 29.1 Å². The minimum Gasteiger partial charge on any atom is -0.391 e. The van der Waals surface area contributed by atoms with Gasteiger partial charge in [0.25, 0.3) is 11.8 Å². The molecular weight excluding hydrogens is 879 g/mol. The van der Waals surface area contributed by atoms with Gasteiger partial charge in [0, 0.05) is 55.3 Å². The molecule has 0 unspecified atom stereocenters. The van der Waals surface area contributed by atoms with Gasteiger partial charge in [-0.05, 0) is 105 Å². The number of amides is 5. The lowest BCUT2D eigenvalue weighted by Gasteiger charge is -2.35. The molecule has 4 atom stereocenters. The second-order valence-corrected chi connectivity index (χ2v) is 20.3. The molecule has 2 saturated heterocycles. The van der Waals surface area contributed by atoms with E-state index in [0.29, 0.717) is 35.8 Å². The number of fused-ring (bicyclic) bond motifs is 1. The summed E-state index contributed by atoms with van der Waals surface area (Å²) in [7, 11) is 0. The number of β-amino-alcohol motifs (C(OH)–C–C–N with tert-alkyl or cyclic N) is 1. The number of imidazole rings is 1. The largest absolute Gasteiger partial charge is 0.391 e. The van der Waals surface area contributed by atoms with E-state index in [-0.39, 0.29) is 55.5 Å². The average molecular weight is 946 g/mol. The summed E-state index contributed by atoms with van der Waals surface area (Å²) in [6.45, 7) is 12.5. The van der Waals surface area contributed by atoms with E-state index in [2.05, 4.69) is 43.1 Å². The summed E-state index contributed by atoms with van der Waals surface area (Å²) in [4.78, 5) is 83.9. The van der Waals surface area contributed by atoms with Gasteiger partial charge in [0.2, 0.25) is 17.7 Å². The van der Waals surface area contributed by atoms with E-state index in [0.717, 1.165) is 83.7 Å². The maximum absolute atomic E-state index is 14.0. The molecule has 15 nitrogen and oxygen atoms in total. The molecule has 4 heterocycles. The number of aromatic nitrogens is 3. The molecule has 68 heavy (non-hydrogen) atoms. The Morgan fingerprint density at radius 2 is 1.60 bits per heavy atom. The van der Waals surface area contributed by atoms with E-state index >= 15 is 0 Å². The number of nitrogens with one attached hydrogen (secondary N) is 5. The van der Waals surface area contributed by atoms with Crippen LogP contribution in [0.25, 0.3) is 21.5 Å². The molecule has 6 N–H and O–H groups in total. The predicted octanol–water partition coefficient (Wildman–Crippen LogP) is 7.50. The van der Waals surface area contributed by atoms with Gasteiger partial charge in [-0.3, -0.25) is 28.9 Å². The van der Waals surface area contributed by atoms with Crippen LogP contribution in [0.1, 0.15) is 130 Å². The highest BCUT2D eigenvalue weighted by Gasteiger charge is 2.44. The minimum atomic E-state index is -0.872. The maximum Gasteiger partial charge on any atom is 0.255 e. The number of nitrogens with zero attached hydrogens (tertiary/aromatic N) is 4. The Balaban J connectivity index is 0.768. The molecule has 0 bridgehead atoms. The van der Waals surface area contributed by atoms with Crippen molar-refractivity contribution >= 4 is 57.6 Å². The first kappa shape index (κ1) is 49.9. The number of thiazole rings is 1. The fraction of sp³-hybridized carbons (Fsp3) is 0.481. The number of hydrogen-bond acceptors (Lipinski definition) is 10. The number of aryl methyl sites for hydroxylation is 1. The van der Waals surface area contributed by atoms with Crippen molar-refractivity contribution in [1.29, 1.82) is 0 Å². The standard InChI is InChI=1S/C52H67N9O6S/c1-33-13-12-26-60(33)31-44-57-41-24-23-39(27-42(41)58-44)56-49(65)38-21-19-37(20-22-38)48(64)53-25-11-9-7-6-8-10-14-45(63)59-47(52(3,4)5)51(67)61-30-40(62)28-43(61)50(66)54-29-35-15-17-36(18-16-35)46-34(2)55-32-68-46/h15-24,27,32-33,40,43,47,62H,6-14,25-26,28-31H2,1-5H3,(H,53,64)(H,54,66)(H,56,65)(H,57,58)(H,59,63)/t33-,40+,43-,47+/m0/s1. The third kappa shape index (κ3) is 13.2. The quantitative estimate of drug-likeness (QED) is 0.0428. The number of H-pyrrole nitrogens is 1. The number of rotatable bonds is 20. The van der Waals surface area contributed by atoms with Crippen molar-refractivity contribution in [3.05, 3.63) is 100 Å². The lowest BCUT2D eigenvalue weighted by molar-refractivity contribution is -0.144. The number of aliphatic hydroxyl groups excluding tert-OH is 1. The van der Waals surface area contributed by atoms with Gasteiger partial charge in [0.05, 0.1) is 39.8 Å². The minimum absolute atomic E-state index is 0.0189. The van der Waals surface area contributed by atoms with Crippen LogP contribution >= 0.6 is 11.3 Å². The summed E-state index contributed by atoms with van der Waals surface area (Å²) in [5.74, 6) is -0.491. The number of carbonyl (C=O) groups excluding carboxylic acids is 5. The summed E-state index contributed by atoms with van der Waals surface area (Å²) >= 11 is 1.58. The van der Waals surface area contributed by atoms with Gasteiger partial charge in [-0.1, -0.05) is 70.7 Å². The Hall–Kier alpha value is -5.97. The van der Waals surface area contributed by atoms with Gasteiger partial charge >= 0.3 is 0 Å². The van der Waals surface area contributed by atoms with Crippen LogP contribution in [0, 0.1) is 12.3 Å². The fourth-order valence-corrected chi connectivity index (χ4v) is 9.86. The number of likely N-dealkylation sites (tertiary alicyclic amines) is 2. The van der Waals surface area contributed by atoms with Crippen LogP contribution in [0.15, 0.2) is 72.2 Å². The first-order valence-electron chi connectivity index (χ1n) is 24.1. The number of aromatic amines is 1. The number of unbranched alkanes of at least 4 members (excludes halogenated alkanes) is 5. The molecule has 362 valence electrons. The van der Waals surface area contributed by atoms with Crippen molar-refractivity contribution in [3.8, 4) is 10.4 Å². The van der Waals surface area contributed by atoms with Crippen LogP contribution in [0.4, 0.5) is 5.69 Å². The predicted molar refractivity (Wildman–Crippen MR) is 266 cm³/mol. The van der Waals surface area contributed by atoms with Gasteiger partial charge in [-0.15, -0.1) is 11.3 Å². The van der Waals surface area contributed by atoms with Gasteiger partial charge < -0.3 is 36.3 Å². The molecule has 0 aliphatic carbocycles. The molecule has 0 saturated carbocycles. The molecule has 2 fully saturated rings. The van der Waals surface area contributed by atoms with Crippen molar-refractivity contribution in [3.63, 3.8) is 0 Å². The molecule has 3 aromatic carbocycles. The number of benzene rings is 3. The summed E-state index contributed by atoms with van der Waals surface area (Å²) < 4.78 is 0. The maximum atomic E-state index is 14.0. The third-order valence-electron chi connectivity index (χ3n) is 13.1. The molecule has 0 spiro atoms. The SMILES string of the molecule is Cc1ncsc1-c1ccc(CNC(=O)[C@@H]2C[C@@H](O)CN2C(=O)[C@@H](NC(=O)CCCCCCCCNC(=O)c2ccc(C(=O)Nc3ccc4nc(CN5CCC[C@@H]5C)[nH]c4c3)cc2)C(C)(C)C)cc1. The summed E-state index contributed by atoms with van der Waals surface area (Å²) in [6, 6.07) is 19.0. The zero-order valence-corrected chi connectivity index (χ0v) is 40.8. The summed E-state index contributed by atoms with van der Waals surface area (Å²) in [5, 5.41) is 22.4. The Bertz CT molecular complexity index is 2530. The van der Waals surface area contributed by atoms with Gasteiger partial charge in [0.15, 0.2) is 0 Å². The first-order chi connectivity index (χ1) is 32.6. The molecule has 5 aromatic rings. The number of anilines is 1. The molecule has 0 radical (unpaired) electrons. The van der Waals surface area contributed by atoms with E-state index in [9.17, 15) is 29.1 Å². The van der Waals surface area contributed by atoms with E-state index < -0.39 is 23.6 Å². The Labute approximate surface area is 403 Å². The lowest BCUT2D eigenvalue weighted by Crippen LogP contribution is -2.57. The van der Waals surface area contributed by atoms with E-state index in [4.69, 9.17) is 4.98 Å². The highest BCUT2D eigenvalue weighted by molar-refractivity contribution is 7.13. The fourth-order valence-electron chi connectivity index (χ4n) is 9.05. The van der Waals surface area contributed by atoms with Crippen molar-refractivity contribution in [2.45, 2.75) is 136 Å². The van der Waals surface area contributed by atoms with Crippen LogP contribution in [-0.2, 0) is 27.5 Å². The molecule has 16 heteroatoms. The number of aliphatic hydroxyl groups is 1. The van der Waals surface area contributed by atoms with Crippen LogP contribution in [0.5, 0.6) is 0 Å². The summed E-state index contributed by atoms with van der Waals surface area (Å²) in [6.07, 6.45) is 7.09. The zero-order chi connectivity index (χ0) is 48.4. The molecular formula is C52H67N9O6S.